The highest BCUT2D eigenvalue weighted by Gasteiger charge is 2.05. The molecule has 0 saturated carbocycles. The molecule has 1 N–H and O–H groups in total. The fourth-order valence-corrected chi connectivity index (χ4v) is 0.942. The van der Waals surface area contributed by atoms with Crippen molar-refractivity contribution in [3.05, 3.63) is 29.8 Å². The minimum Gasteiger partial charge on any atom is -0.376 e. The Hall–Kier alpha value is -1.65. The lowest BCUT2D eigenvalue weighted by Crippen LogP contribution is -2.28. The van der Waals surface area contributed by atoms with Crippen LogP contribution in [0.1, 0.15) is 0 Å². The van der Waals surface area contributed by atoms with Gasteiger partial charge < -0.3 is 10.2 Å². The number of hydrogen-bond donors (Lipinski definition) is 1. The zero-order valence-electron chi connectivity index (χ0n) is 8.55. The minimum absolute atomic E-state index is 0.0536. The van der Waals surface area contributed by atoms with E-state index in [9.17, 15) is 13.6 Å². The largest absolute Gasteiger partial charge is 0.376 e. The fraction of sp³-hybridized carbons (Fsp3) is 0.300. The number of rotatable bonds is 3. The molecular weight excluding hydrogens is 202 g/mol. The van der Waals surface area contributed by atoms with Gasteiger partial charge in [-0.2, -0.15) is 0 Å². The molecule has 0 aromatic heterocycles. The molecule has 0 aliphatic heterocycles. The summed E-state index contributed by atoms with van der Waals surface area (Å²) in [6.45, 7) is 0.0536. The summed E-state index contributed by atoms with van der Waals surface area (Å²) in [6.07, 6.45) is 0. The molecule has 0 radical (unpaired) electrons. The number of benzene rings is 1. The van der Waals surface area contributed by atoms with Crippen molar-refractivity contribution in [2.24, 2.45) is 0 Å². The van der Waals surface area contributed by atoms with Gasteiger partial charge >= 0.3 is 0 Å². The monoisotopic (exact) mass is 214 g/mol. The van der Waals surface area contributed by atoms with Crippen molar-refractivity contribution in [2.75, 3.05) is 26.0 Å². The number of halogens is 2. The maximum Gasteiger partial charge on any atom is 0.241 e. The van der Waals surface area contributed by atoms with Crippen LogP contribution in [0.3, 0.4) is 0 Å². The average molecular weight is 214 g/mol. The Morgan fingerprint density at radius 2 is 2.00 bits per heavy atom. The van der Waals surface area contributed by atoms with Crippen molar-refractivity contribution in [1.29, 1.82) is 0 Å². The first-order chi connectivity index (χ1) is 7.00. The van der Waals surface area contributed by atoms with Gasteiger partial charge in [-0.1, -0.05) is 0 Å². The lowest BCUT2D eigenvalue weighted by Gasteiger charge is -2.11. The van der Waals surface area contributed by atoms with Crippen LogP contribution in [0.25, 0.3) is 0 Å². The van der Waals surface area contributed by atoms with E-state index in [4.69, 9.17) is 0 Å². The molecule has 15 heavy (non-hydrogen) atoms. The molecule has 3 nitrogen and oxygen atoms in total. The quantitative estimate of drug-likeness (QED) is 0.826. The second kappa shape index (κ2) is 4.72. The lowest BCUT2D eigenvalue weighted by atomic mass is 10.3. The van der Waals surface area contributed by atoms with E-state index in [1.807, 2.05) is 0 Å². The van der Waals surface area contributed by atoms with E-state index in [0.717, 1.165) is 12.1 Å². The lowest BCUT2D eigenvalue weighted by molar-refractivity contribution is -0.126. The predicted molar refractivity (Wildman–Crippen MR) is 53.5 cm³/mol. The predicted octanol–water partition coefficient (Wildman–Crippen LogP) is 1.46. The molecule has 1 rings (SSSR count). The third-order valence-corrected chi connectivity index (χ3v) is 1.86. The number of nitrogens with zero attached hydrogens (tertiary/aromatic N) is 1. The number of carbonyl (C=O) groups is 1. The third-order valence-electron chi connectivity index (χ3n) is 1.86. The Kier molecular flexibility index (Phi) is 3.60. The van der Waals surface area contributed by atoms with E-state index in [1.165, 1.54) is 11.0 Å². The van der Waals surface area contributed by atoms with Gasteiger partial charge in [0.2, 0.25) is 5.91 Å². The second-order valence-electron chi connectivity index (χ2n) is 3.27. The van der Waals surface area contributed by atoms with Crippen molar-refractivity contribution in [3.8, 4) is 0 Å². The van der Waals surface area contributed by atoms with E-state index >= 15 is 0 Å². The maximum atomic E-state index is 12.8. The molecule has 0 spiro atoms. The van der Waals surface area contributed by atoms with E-state index in [2.05, 4.69) is 5.32 Å². The topological polar surface area (TPSA) is 32.3 Å². The standard InChI is InChI=1S/C10H12F2N2O/c1-14(2)10(15)6-13-7-3-4-8(11)9(12)5-7/h3-5,13H,6H2,1-2H3. The van der Waals surface area contributed by atoms with Crippen molar-refractivity contribution in [2.45, 2.75) is 0 Å². The molecular formula is C10H12F2N2O. The number of anilines is 1. The number of nitrogens with one attached hydrogen (secondary N) is 1. The van der Waals surface area contributed by atoms with Gasteiger partial charge in [-0.05, 0) is 12.1 Å². The summed E-state index contributed by atoms with van der Waals surface area (Å²) in [5.74, 6) is -1.98. The summed E-state index contributed by atoms with van der Waals surface area (Å²) in [6, 6.07) is 3.40. The first-order valence-electron chi connectivity index (χ1n) is 4.40. The summed E-state index contributed by atoms with van der Waals surface area (Å²) < 4.78 is 25.3. The molecule has 0 saturated heterocycles. The second-order valence-corrected chi connectivity index (χ2v) is 3.27. The van der Waals surface area contributed by atoms with Gasteiger partial charge in [0.25, 0.3) is 0 Å². The van der Waals surface area contributed by atoms with Gasteiger partial charge in [-0.15, -0.1) is 0 Å². The van der Waals surface area contributed by atoms with Gasteiger partial charge in [0.05, 0.1) is 6.54 Å². The van der Waals surface area contributed by atoms with Crippen LogP contribution >= 0.6 is 0 Å². The Labute approximate surface area is 86.7 Å². The SMILES string of the molecule is CN(C)C(=O)CNc1ccc(F)c(F)c1. The van der Waals surface area contributed by atoms with Gasteiger partial charge in [-0.3, -0.25) is 4.79 Å². The van der Waals surface area contributed by atoms with Crippen molar-refractivity contribution in [3.63, 3.8) is 0 Å². The van der Waals surface area contributed by atoms with Crippen LogP contribution in [0, 0.1) is 11.6 Å². The normalized spacial score (nSPS) is 9.87. The molecule has 0 heterocycles. The van der Waals surface area contributed by atoms with E-state index in [1.54, 1.807) is 14.1 Å². The van der Waals surface area contributed by atoms with E-state index < -0.39 is 11.6 Å². The molecule has 0 fully saturated rings. The summed E-state index contributed by atoms with van der Waals surface area (Å²) in [5.41, 5.74) is 0.379. The highest BCUT2D eigenvalue weighted by molar-refractivity contribution is 5.80. The van der Waals surface area contributed by atoms with Gasteiger partial charge in [0.15, 0.2) is 11.6 Å². The zero-order chi connectivity index (χ0) is 11.4. The third kappa shape index (κ3) is 3.19. The minimum atomic E-state index is -0.933. The van der Waals surface area contributed by atoms with Crippen LogP contribution in [0.4, 0.5) is 14.5 Å². The number of carbonyl (C=O) groups excluding carboxylic acids is 1. The molecule has 5 heteroatoms. The van der Waals surface area contributed by atoms with Crippen LogP contribution in [0.15, 0.2) is 18.2 Å². The Bertz CT molecular complexity index is 366. The van der Waals surface area contributed by atoms with E-state index in [-0.39, 0.29) is 12.5 Å². The summed E-state index contributed by atoms with van der Waals surface area (Å²) >= 11 is 0. The number of amides is 1. The summed E-state index contributed by atoms with van der Waals surface area (Å²) in [7, 11) is 3.24. The highest BCUT2D eigenvalue weighted by atomic mass is 19.2. The molecule has 0 aliphatic carbocycles. The summed E-state index contributed by atoms with van der Waals surface area (Å²) in [4.78, 5) is 12.6. The molecule has 1 aromatic carbocycles. The van der Waals surface area contributed by atoms with Crippen LogP contribution in [0.5, 0.6) is 0 Å². The van der Waals surface area contributed by atoms with Crippen molar-refractivity contribution >= 4 is 11.6 Å². The van der Waals surface area contributed by atoms with Crippen molar-refractivity contribution in [1.82, 2.24) is 4.90 Å². The highest BCUT2D eigenvalue weighted by Crippen LogP contribution is 2.12. The smallest absolute Gasteiger partial charge is 0.241 e. The molecule has 0 unspecified atom stereocenters. The maximum absolute atomic E-state index is 12.8. The molecule has 0 atom stereocenters. The Morgan fingerprint density at radius 3 is 2.53 bits per heavy atom. The molecule has 1 amide bonds. The first kappa shape index (κ1) is 11.4. The van der Waals surface area contributed by atoms with Crippen LogP contribution < -0.4 is 5.32 Å². The van der Waals surface area contributed by atoms with Crippen LogP contribution in [-0.2, 0) is 4.79 Å². The van der Waals surface area contributed by atoms with Crippen LogP contribution in [-0.4, -0.2) is 31.4 Å². The molecule has 1 aromatic rings. The van der Waals surface area contributed by atoms with Gasteiger partial charge in [0.1, 0.15) is 0 Å². The zero-order valence-corrected chi connectivity index (χ0v) is 8.55. The fourth-order valence-electron chi connectivity index (χ4n) is 0.942. The molecule has 0 aliphatic rings. The average Bonchev–Trinajstić information content (AvgIpc) is 2.19. The first-order valence-corrected chi connectivity index (χ1v) is 4.40. The number of likely N-dealkylation sites (N-methyl/N-ethyl adjacent to an activating group) is 1. The van der Waals surface area contributed by atoms with E-state index in [0.29, 0.717) is 5.69 Å². The van der Waals surface area contributed by atoms with Gasteiger partial charge in [-0.25, -0.2) is 8.78 Å². The molecule has 82 valence electrons. The van der Waals surface area contributed by atoms with Crippen molar-refractivity contribution < 1.29 is 13.6 Å². The summed E-state index contributed by atoms with van der Waals surface area (Å²) in [5, 5.41) is 2.70. The van der Waals surface area contributed by atoms with Crippen LogP contribution in [0.2, 0.25) is 0 Å². The Balaban J connectivity index is 2.58. The Morgan fingerprint density at radius 1 is 1.33 bits per heavy atom. The molecule has 0 bridgehead atoms. The number of hydrogen-bond acceptors (Lipinski definition) is 2. The van der Waals surface area contributed by atoms with Gasteiger partial charge in [0, 0.05) is 25.8 Å².